The molecule has 0 spiro atoms. The average molecular weight is 551 g/mol. The van der Waals surface area contributed by atoms with Gasteiger partial charge in [0.2, 0.25) is 0 Å². The van der Waals surface area contributed by atoms with Crippen LogP contribution in [0.2, 0.25) is 0 Å². The van der Waals surface area contributed by atoms with Gasteiger partial charge < -0.3 is 14.8 Å². The molecule has 202 valence electrons. The van der Waals surface area contributed by atoms with Gasteiger partial charge in [-0.2, -0.15) is 0 Å². The number of piperazine rings is 1. The predicted molar refractivity (Wildman–Crippen MR) is 154 cm³/mol. The second-order valence-corrected chi connectivity index (χ2v) is 9.30. The Morgan fingerprint density at radius 3 is 2.41 bits per heavy atom. The van der Waals surface area contributed by atoms with E-state index in [1.165, 1.54) is 28.9 Å². The van der Waals surface area contributed by atoms with Crippen molar-refractivity contribution >= 4 is 36.4 Å². The van der Waals surface area contributed by atoms with Gasteiger partial charge in [0.05, 0.1) is 0 Å². The van der Waals surface area contributed by atoms with E-state index >= 15 is 0 Å². The number of rotatable bonds is 9. The zero-order valence-corrected chi connectivity index (χ0v) is 23.5. The SMILES string of the molecule is CCCc1nc(C(=O)NCCCN2CCN(c3cccc(C)c3C)CC2)cn1-c1ccc(F)cc1.Cl.Cl. The fraction of sp³-hybridized carbons (Fsp3) is 0.429. The highest BCUT2D eigenvalue weighted by Crippen LogP contribution is 2.24. The summed E-state index contributed by atoms with van der Waals surface area (Å²) >= 11 is 0. The maximum Gasteiger partial charge on any atom is 0.271 e. The van der Waals surface area contributed by atoms with Crippen molar-refractivity contribution in [3.05, 3.63) is 77.1 Å². The lowest BCUT2D eigenvalue weighted by Crippen LogP contribution is -2.47. The standard InChI is InChI=1S/C28H36FN5O.2ClH/c1-4-7-27-31-25(20-34(27)24-12-10-23(29)11-13-24)28(35)30-14-6-15-32-16-18-33(19-17-32)26-9-5-8-21(2)22(26)3;;/h5,8-13,20H,4,6-7,14-19H2,1-3H3,(H,30,35);2*1H. The zero-order valence-electron chi connectivity index (χ0n) is 21.9. The van der Waals surface area contributed by atoms with Crippen LogP contribution in [-0.4, -0.2) is 59.6 Å². The highest BCUT2D eigenvalue weighted by molar-refractivity contribution is 5.92. The Morgan fingerprint density at radius 1 is 1.03 bits per heavy atom. The fourth-order valence-electron chi connectivity index (χ4n) is 4.64. The molecule has 0 atom stereocenters. The molecule has 0 unspecified atom stereocenters. The molecule has 1 N–H and O–H groups in total. The molecule has 3 aromatic rings. The highest BCUT2D eigenvalue weighted by Gasteiger charge is 2.19. The third-order valence-electron chi connectivity index (χ3n) is 6.82. The van der Waals surface area contributed by atoms with Gasteiger partial charge in [-0.05, 0) is 74.7 Å². The summed E-state index contributed by atoms with van der Waals surface area (Å²) in [6.45, 7) is 12.1. The first-order valence-electron chi connectivity index (χ1n) is 12.6. The van der Waals surface area contributed by atoms with Crippen LogP contribution in [0.1, 0.15) is 47.2 Å². The summed E-state index contributed by atoms with van der Waals surface area (Å²) in [7, 11) is 0. The van der Waals surface area contributed by atoms with E-state index in [1.54, 1.807) is 18.3 Å². The van der Waals surface area contributed by atoms with Crippen molar-refractivity contribution in [1.82, 2.24) is 19.8 Å². The van der Waals surface area contributed by atoms with E-state index in [9.17, 15) is 9.18 Å². The largest absolute Gasteiger partial charge is 0.369 e. The molecule has 1 aromatic heterocycles. The molecule has 1 amide bonds. The molecule has 0 aliphatic carbocycles. The molecule has 1 saturated heterocycles. The van der Waals surface area contributed by atoms with Gasteiger partial charge in [0.1, 0.15) is 17.3 Å². The first-order valence-corrected chi connectivity index (χ1v) is 12.6. The van der Waals surface area contributed by atoms with E-state index < -0.39 is 0 Å². The summed E-state index contributed by atoms with van der Waals surface area (Å²) in [4.78, 5) is 22.2. The Hall–Kier alpha value is -2.61. The number of hydrogen-bond donors (Lipinski definition) is 1. The van der Waals surface area contributed by atoms with Crippen LogP contribution in [0.3, 0.4) is 0 Å². The minimum absolute atomic E-state index is 0. The monoisotopic (exact) mass is 549 g/mol. The number of aryl methyl sites for hydroxylation is 2. The lowest BCUT2D eigenvalue weighted by atomic mass is 10.1. The Morgan fingerprint density at radius 2 is 1.73 bits per heavy atom. The molecule has 0 radical (unpaired) electrons. The van der Waals surface area contributed by atoms with Gasteiger partial charge in [0, 0.05) is 56.7 Å². The molecule has 6 nitrogen and oxygen atoms in total. The first-order chi connectivity index (χ1) is 17.0. The number of hydrogen-bond acceptors (Lipinski definition) is 4. The van der Waals surface area contributed by atoms with Gasteiger partial charge in [-0.3, -0.25) is 9.69 Å². The molecule has 1 aliphatic rings. The van der Waals surface area contributed by atoms with Gasteiger partial charge in [0.25, 0.3) is 5.91 Å². The number of carbonyl (C=O) groups is 1. The maximum absolute atomic E-state index is 13.3. The van der Waals surface area contributed by atoms with Crippen LogP contribution < -0.4 is 10.2 Å². The normalized spacial score (nSPS) is 13.6. The summed E-state index contributed by atoms with van der Waals surface area (Å²) in [6, 6.07) is 12.8. The molecule has 37 heavy (non-hydrogen) atoms. The molecule has 0 bridgehead atoms. The van der Waals surface area contributed by atoms with E-state index in [2.05, 4.69) is 59.1 Å². The highest BCUT2D eigenvalue weighted by atomic mass is 35.5. The number of nitrogens with one attached hydrogen (secondary N) is 1. The summed E-state index contributed by atoms with van der Waals surface area (Å²) in [5.41, 5.74) is 5.26. The lowest BCUT2D eigenvalue weighted by Gasteiger charge is -2.37. The van der Waals surface area contributed by atoms with Crippen molar-refractivity contribution in [2.24, 2.45) is 0 Å². The molecule has 2 aromatic carbocycles. The Labute approximate surface area is 232 Å². The zero-order chi connectivity index (χ0) is 24.8. The van der Waals surface area contributed by atoms with Crippen LogP contribution in [-0.2, 0) is 6.42 Å². The summed E-state index contributed by atoms with van der Waals surface area (Å²) in [5, 5.41) is 3.02. The quantitative estimate of drug-likeness (QED) is 0.365. The summed E-state index contributed by atoms with van der Waals surface area (Å²) < 4.78 is 15.2. The van der Waals surface area contributed by atoms with Gasteiger partial charge in [0.15, 0.2) is 0 Å². The predicted octanol–water partition coefficient (Wildman–Crippen LogP) is 5.37. The van der Waals surface area contributed by atoms with Gasteiger partial charge in [-0.25, -0.2) is 9.37 Å². The van der Waals surface area contributed by atoms with Crippen molar-refractivity contribution in [2.45, 2.75) is 40.0 Å². The van der Waals surface area contributed by atoms with Crippen LogP contribution >= 0.6 is 24.8 Å². The van der Waals surface area contributed by atoms with Crippen LogP contribution in [0, 0.1) is 19.7 Å². The van der Waals surface area contributed by atoms with Crippen molar-refractivity contribution in [3.63, 3.8) is 0 Å². The third-order valence-corrected chi connectivity index (χ3v) is 6.82. The van der Waals surface area contributed by atoms with Crippen molar-refractivity contribution in [2.75, 3.05) is 44.2 Å². The minimum atomic E-state index is -0.282. The Balaban J connectivity index is 0.00000241. The molecule has 1 aliphatic heterocycles. The number of amides is 1. The number of halogens is 3. The lowest BCUT2D eigenvalue weighted by molar-refractivity contribution is 0.0946. The van der Waals surface area contributed by atoms with E-state index in [0.717, 1.165) is 63.5 Å². The number of benzene rings is 2. The molecular weight excluding hydrogens is 512 g/mol. The third kappa shape index (κ3) is 7.69. The van der Waals surface area contributed by atoms with E-state index in [1.807, 2.05) is 4.57 Å². The van der Waals surface area contributed by atoms with Crippen molar-refractivity contribution in [3.8, 4) is 5.69 Å². The first kappa shape index (κ1) is 30.6. The number of imidazole rings is 1. The van der Waals surface area contributed by atoms with Crippen LogP contribution in [0.25, 0.3) is 5.69 Å². The smallest absolute Gasteiger partial charge is 0.271 e. The van der Waals surface area contributed by atoms with E-state index in [4.69, 9.17) is 0 Å². The second kappa shape index (κ2) is 14.4. The molecule has 4 rings (SSSR count). The van der Waals surface area contributed by atoms with Gasteiger partial charge in [-0.1, -0.05) is 19.1 Å². The molecule has 9 heteroatoms. The van der Waals surface area contributed by atoms with Gasteiger partial charge >= 0.3 is 0 Å². The molecular formula is C28H38Cl2FN5O. The maximum atomic E-state index is 13.3. The average Bonchev–Trinajstić information content (AvgIpc) is 3.29. The molecule has 2 heterocycles. The van der Waals surface area contributed by atoms with Crippen molar-refractivity contribution in [1.29, 1.82) is 0 Å². The number of nitrogens with zero attached hydrogens (tertiary/aromatic N) is 4. The fourth-order valence-corrected chi connectivity index (χ4v) is 4.64. The second-order valence-electron chi connectivity index (χ2n) is 9.30. The number of aromatic nitrogens is 2. The van der Waals surface area contributed by atoms with E-state index in [0.29, 0.717) is 12.2 Å². The Kier molecular flexibility index (Phi) is 11.9. The van der Waals surface area contributed by atoms with Gasteiger partial charge in [-0.15, -0.1) is 24.8 Å². The van der Waals surface area contributed by atoms with E-state index in [-0.39, 0.29) is 36.5 Å². The number of anilines is 1. The minimum Gasteiger partial charge on any atom is -0.369 e. The van der Waals surface area contributed by atoms with Crippen LogP contribution in [0.15, 0.2) is 48.7 Å². The molecule has 1 fully saturated rings. The van der Waals surface area contributed by atoms with Crippen molar-refractivity contribution < 1.29 is 9.18 Å². The Bertz CT molecular complexity index is 1140. The van der Waals surface area contributed by atoms with Crippen LogP contribution in [0.5, 0.6) is 0 Å². The molecule has 0 saturated carbocycles. The van der Waals surface area contributed by atoms with Crippen LogP contribution in [0.4, 0.5) is 10.1 Å². The summed E-state index contributed by atoms with van der Waals surface area (Å²) in [5.74, 6) is 0.365. The number of carbonyl (C=O) groups excluding carboxylic acids is 1. The summed E-state index contributed by atoms with van der Waals surface area (Å²) in [6.07, 6.45) is 4.31. The topological polar surface area (TPSA) is 53.4 Å².